The van der Waals surface area contributed by atoms with E-state index in [9.17, 15) is 4.79 Å². The van der Waals surface area contributed by atoms with Crippen molar-refractivity contribution in [2.45, 2.75) is 37.9 Å². The maximum Gasteiger partial charge on any atom is 0.176 e. The molecule has 0 N–H and O–H groups in total. The van der Waals surface area contributed by atoms with Crippen molar-refractivity contribution in [3.63, 3.8) is 0 Å². The molecule has 2 saturated heterocycles. The molecule has 2 fully saturated rings. The Kier molecular flexibility index (Phi) is 3.84. The standard InChI is InChI=1S/C21H21NO/c23-21-18(13-16-7-3-1-4-8-16)14-19-11-12-20(21)22(19)15-17-9-5-2-6-10-17/h1-10,13,19-20H,11-12,14-15H2/b18-13+. The summed E-state index contributed by atoms with van der Waals surface area (Å²) in [7, 11) is 0. The van der Waals surface area contributed by atoms with Gasteiger partial charge in [-0.2, -0.15) is 0 Å². The predicted octanol–water partition coefficient (Wildman–Crippen LogP) is 4.08. The Hall–Kier alpha value is -2.19. The van der Waals surface area contributed by atoms with Crippen LogP contribution < -0.4 is 0 Å². The zero-order valence-corrected chi connectivity index (χ0v) is 13.2. The van der Waals surface area contributed by atoms with E-state index >= 15 is 0 Å². The summed E-state index contributed by atoms with van der Waals surface area (Å²) in [6.07, 6.45) is 5.11. The summed E-state index contributed by atoms with van der Waals surface area (Å²) in [6, 6.07) is 21.3. The molecular formula is C21H21NO. The SMILES string of the molecule is O=C1/C(=C/c2ccccc2)CC2CCC1N2Cc1ccccc1. The summed E-state index contributed by atoms with van der Waals surface area (Å²) in [5.74, 6) is 0.332. The van der Waals surface area contributed by atoms with E-state index in [1.54, 1.807) is 0 Å². The summed E-state index contributed by atoms with van der Waals surface area (Å²) in [5, 5.41) is 0. The molecule has 2 heterocycles. The van der Waals surface area contributed by atoms with Crippen LogP contribution in [0.3, 0.4) is 0 Å². The van der Waals surface area contributed by atoms with E-state index < -0.39 is 0 Å². The van der Waals surface area contributed by atoms with Crippen molar-refractivity contribution >= 4 is 11.9 Å². The summed E-state index contributed by atoms with van der Waals surface area (Å²) in [6.45, 7) is 0.889. The van der Waals surface area contributed by atoms with E-state index in [0.29, 0.717) is 11.8 Å². The first-order valence-corrected chi connectivity index (χ1v) is 8.41. The van der Waals surface area contributed by atoms with E-state index in [1.165, 1.54) is 5.56 Å². The summed E-state index contributed by atoms with van der Waals surface area (Å²) in [5.41, 5.74) is 3.44. The van der Waals surface area contributed by atoms with Gasteiger partial charge < -0.3 is 0 Å². The average Bonchev–Trinajstić information content (AvgIpc) is 2.90. The molecule has 2 heteroatoms. The third-order valence-corrected chi connectivity index (χ3v) is 5.07. The van der Waals surface area contributed by atoms with Crippen LogP contribution in [0.2, 0.25) is 0 Å². The highest BCUT2D eigenvalue weighted by molar-refractivity contribution is 6.04. The normalized spacial score (nSPS) is 25.9. The molecule has 23 heavy (non-hydrogen) atoms. The Balaban J connectivity index is 1.56. The molecule has 2 nitrogen and oxygen atoms in total. The fraction of sp³-hybridized carbons (Fsp3) is 0.286. The number of fused-ring (bicyclic) bond motifs is 2. The van der Waals surface area contributed by atoms with Gasteiger partial charge in [-0.25, -0.2) is 0 Å². The zero-order chi connectivity index (χ0) is 15.6. The highest BCUT2D eigenvalue weighted by Gasteiger charge is 2.43. The third-order valence-electron chi connectivity index (χ3n) is 5.07. The number of rotatable bonds is 3. The van der Waals surface area contributed by atoms with Gasteiger partial charge in [0, 0.05) is 12.6 Å². The Labute approximate surface area is 137 Å². The first-order valence-electron chi connectivity index (χ1n) is 8.41. The van der Waals surface area contributed by atoms with Gasteiger partial charge in [0.25, 0.3) is 0 Å². The number of carbonyl (C=O) groups excluding carboxylic acids is 1. The molecule has 0 aliphatic carbocycles. The smallest absolute Gasteiger partial charge is 0.176 e. The van der Waals surface area contributed by atoms with Gasteiger partial charge in [-0.15, -0.1) is 0 Å². The van der Waals surface area contributed by atoms with Crippen LogP contribution in [-0.4, -0.2) is 22.8 Å². The Morgan fingerprint density at radius 3 is 2.39 bits per heavy atom. The first-order chi connectivity index (χ1) is 11.3. The Morgan fingerprint density at radius 2 is 1.65 bits per heavy atom. The van der Waals surface area contributed by atoms with E-state index in [0.717, 1.165) is 36.9 Å². The van der Waals surface area contributed by atoms with Crippen LogP contribution in [0.15, 0.2) is 66.2 Å². The minimum Gasteiger partial charge on any atom is -0.293 e. The van der Waals surface area contributed by atoms with E-state index in [-0.39, 0.29) is 6.04 Å². The zero-order valence-electron chi connectivity index (χ0n) is 13.2. The second-order valence-electron chi connectivity index (χ2n) is 6.55. The molecule has 4 rings (SSSR count). The quantitative estimate of drug-likeness (QED) is 0.796. The van der Waals surface area contributed by atoms with Crippen LogP contribution in [0.5, 0.6) is 0 Å². The summed E-state index contributed by atoms with van der Waals surface area (Å²) >= 11 is 0. The van der Waals surface area contributed by atoms with E-state index in [1.807, 2.05) is 24.3 Å². The monoisotopic (exact) mass is 303 g/mol. The largest absolute Gasteiger partial charge is 0.293 e. The first kappa shape index (κ1) is 14.4. The second kappa shape index (κ2) is 6.13. The average molecular weight is 303 g/mol. The lowest BCUT2D eigenvalue weighted by Gasteiger charge is -2.35. The molecular weight excluding hydrogens is 282 g/mol. The van der Waals surface area contributed by atoms with E-state index in [2.05, 4.69) is 47.4 Å². The lowest BCUT2D eigenvalue weighted by molar-refractivity contribution is -0.122. The van der Waals surface area contributed by atoms with Gasteiger partial charge in [0.05, 0.1) is 6.04 Å². The Morgan fingerprint density at radius 1 is 0.957 bits per heavy atom. The summed E-state index contributed by atoms with van der Waals surface area (Å²) < 4.78 is 0. The number of Topliss-reactive ketones (excluding diaryl/α,β-unsaturated/α-hetero) is 1. The maximum absolute atomic E-state index is 12.9. The molecule has 0 spiro atoms. The number of carbonyl (C=O) groups is 1. The van der Waals surface area contributed by atoms with Crippen LogP contribution in [0, 0.1) is 0 Å². The van der Waals surface area contributed by atoms with Crippen molar-refractivity contribution in [2.24, 2.45) is 0 Å². The number of benzene rings is 2. The van der Waals surface area contributed by atoms with Gasteiger partial charge in [0.1, 0.15) is 0 Å². The fourth-order valence-corrected chi connectivity index (χ4v) is 3.92. The minimum atomic E-state index is 0.0731. The van der Waals surface area contributed by atoms with Crippen LogP contribution in [0.4, 0.5) is 0 Å². The predicted molar refractivity (Wildman–Crippen MR) is 92.8 cm³/mol. The second-order valence-corrected chi connectivity index (χ2v) is 6.55. The van der Waals surface area contributed by atoms with Gasteiger partial charge in [0.15, 0.2) is 5.78 Å². The van der Waals surface area contributed by atoms with Crippen molar-refractivity contribution in [3.05, 3.63) is 77.4 Å². The van der Waals surface area contributed by atoms with Gasteiger partial charge in [-0.05, 0) is 42.0 Å². The Bertz CT molecular complexity index is 720. The van der Waals surface area contributed by atoms with Crippen LogP contribution >= 0.6 is 0 Å². The lowest BCUT2D eigenvalue weighted by Crippen LogP contribution is -2.45. The van der Waals surface area contributed by atoms with Crippen molar-refractivity contribution in [1.82, 2.24) is 4.90 Å². The van der Waals surface area contributed by atoms with Crippen LogP contribution in [-0.2, 0) is 11.3 Å². The van der Waals surface area contributed by atoms with Crippen molar-refractivity contribution in [1.29, 1.82) is 0 Å². The highest BCUT2D eigenvalue weighted by Crippen LogP contribution is 2.37. The molecule has 0 radical (unpaired) electrons. The topological polar surface area (TPSA) is 20.3 Å². The minimum absolute atomic E-state index is 0.0731. The molecule has 2 aliphatic rings. The van der Waals surface area contributed by atoms with Crippen molar-refractivity contribution in [3.8, 4) is 0 Å². The number of piperidine rings is 1. The molecule has 116 valence electrons. The molecule has 2 aromatic carbocycles. The van der Waals surface area contributed by atoms with Gasteiger partial charge in [-0.1, -0.05) is 60.7 Å². The number of hydrogen-bond donors (Lipinski definition) is 0. The molecule has 2 unspecified atom stereocenters. The molecule has 2 bridgehead atoms. The van der Waals surface area contributed by atoms with Gasteiger partial charge in [-0.3, -0.25) is 9.69 Å². The number of ketones is 1. The molecule has 0 amide bonds. The molecule has 2 atom stereocenters. The van der Waals surface area contributed by atoms with Crippen molar-refractivity contribution < 1.29 is 4.79 Å². The van der Waals surface area contributed by atoms with Gasteiger partial charge in [0.2, 0.25) is 0 Å². The maximum atomic E-state index is 12.9. The number of nitrogens with zero attached hydrogens (tertiary/aromatic N) is 1. The molecule has 2 aliphatic heterocycles. The van der Waals surface area contributed by atoms with Crippen molar-refractivity contribution in [2.75, 3.05) is 0 Å². The lowest BCUT2D eigenvalue weighted by atomic mass is 9.93. The summed E-state index contributed by atoms with van der Waals surface area (Å²) in [4.78, 5) is 15.3. The third kappa shape index (κ3) is 2.87. The fourth-order valence-electron chi connectivity index (χ4n) is 3.92. The van der Waals surface area contributed by atoms with Gasteiger partial charge >= 0.3 is 0 Å². The molecule has 2 aromatic rings. The van der Waals surface area contributed by atoms with Crippen LogP contribution in [0.1, 0.15) is 30.4 Å². The molecule has 0 saturated carbocycles. The van der Waals surface area contributed by atoms with Crippen LogP contribution in [0.25, 0.3) is 6.08 Å². The molecule has 0 aromatic heterocycles. The number of hydrogen-bond acceptors (Lipinski definition) is 2. The highest BCUT2D eigenvalue weighted by atomic mass is 16.1. The van der Waals surface area contributed by atoms with E-state index in [4.69, 9.17) is 0 Å².